The molecule has 4 aromatic rings. The molecule has 0 N–H and O–H groups in total. The van der Waals surface area contributed by atoms with Crippen molar-refractivity contribution < 1.29 is 9.13 Å². The van der Waals surface area contributed by atoms with Crippen LogP contribution in [0.5, 0.6) is 5.75 Å². The van der Waals surface area contributed by atoms with Crippen molar-refractivity contribution >= 4 is 32.2 Å². The number of aromatic nitrogens is 4. The summed E-state index contributed by atoms with van der Waals surface area (Å²) in [7, 11) is 1.62. The number of halogens is 2. The van der Waals surface area contributed by atoms with Gasteiger partial charge in [0.25, 0.3) is 0 Å². The van der Waals surface area contributed by atoms with Crippen molar-refractivity contribution in [2.45, 2.75) is 0 Å². The van der Waals surface area contributed by atoms with Gasteiger partial charge in [0, 0.05) is 11.1 Å². The van der Waals surface area contributed by atoms with Crippen LogP contribution in [0.15, 0.2) is 46.9 Å². The van der Waals surface area contributed by atoms with Crippen LogP contribution in [-0.2, 0) is 0 Å². The number of fused-ring (bicyclic) bond motifs is 1. The molecule has 4 rings (SSSR count). The highest BCUT2D eigenvalue weighted by Crippen LogP contribution is 2.30. The lowest BCUT2D eigenvalue weighted by Gasteiger charge is -2.01. The summed E-state index contributed by atoms with van der Waals surface area (Å²) in [6.07, 6.45) is 0. The SMILES string of the molecule is COc1ccc(-c2nnc3sc(-c4ccc(F)c(Br)c4)nn23)cc1. The highest BCUT2D eigenvalue weighted by atomic mass is 79.9. The molecule has 0 saturated heterocycles. The van der Waals surface area contributed by atoms with Gasteiger partial charge < -0.3 is 4.74 Å². The van der Waals surface area contributed by atoms with E-state index < -0.39 is 0 Å². The smallest absolute Gasteiger partial charge is 0.235 e. The van der Waals surface area contributed by atoms with Gasteiger partial charge in [-0.3, -0.25) is 0 Å². The summed E-state index contributed by atoms with van der Waals surface area (Å²) < 4.78 is 20.7. The van der Waals surface area contributed by atoms with Gasteiger partial charge in [0.15, 0.2) is 5.82 Å². The third kappa shape index (κ3) is 2.57. The molecular formula is C16H10BrFN4OS. The van der Waals surface area contributed by atoms with Crippen LogP contribution in [0.25, 0.3) is 26.9 Å². The van der Waals surface area contributed by atoms with E-state index in [0.717, 1.165) is 21.9 Å². The van der Waals surface area contributed by atoms with Crippen LogP contribution in [0.1, 0.15) is 0 Å². The number of ether oxygens (including phenoxy) is 1. The molecule has 2 heterocycles. The maximum Gasteiger partial charge on any atom is 0.235 e. The molecule has 2 aromatic carbocycles. The quantitative estimate of drug-likeness (QED) is 0.506. The summed E-state index contributed by atoms with van der Waals surface area (Å²) >= 11 is 4.60. The average Bonchev–Trinajstić information content (AvgIpc) is 3.18. The van der Waals surface area contributed by atoms with Crippen molar-refractivity contribution in [3.05, 3.63) is 52.8 Å². The van der Waals surface area contributed by atoms with Crippen molar-refractivity contribution in [2.75, 3.05) is 7.11 Å². The van der Waals surface area contributed by atoms with Gasteiger partial charge in [-0.2, -0.15) is 9.61 Å². The van der Waals surface area contributed by atoms with Gasteiger partial charge in [-0.05, 0) is 58.4 Å². The molecule has 0 aliphatic carbocycles. The molecule has 0 radical (unpaired) electrons. The predicted octanol–water partition coefficient (Wildman–Crippen LogP) is 4.43. The molecule has 0 unspecified atom stereocenters. The molecule has 5 nitrogen and oxygen atoms in total. The topological polar surface area (TPSA) is 52.3 Å². The van der Waals surface area contributed by atoms with Crippen molar-refractivity contribution in [1.29, 1.82) is 0 Å². The van der Waals surface area contributed by atoms with Gasteiger partial charge in [-0.25, -0.2) is 4.39 Å². The Labute approximate surface area is 148 Å². The molecule has 0 aliphatic rings. The lowest BCUT2D eigenvalue weighted by Crippen LogP contribution is -1.91. The minimum absolute atomic E-state index is 0.305. The summed E-state index contributed by atoms with van der Waals surface area (Å²) in [5, 5.41) is 13.7. The highest BCUT2D eigenvalue weighted by molar-refractivity contribution is 9.10. The normalized spacial score (nSPS) is 11.1. The van der Waals surface area contributed by atoms with E-state index in [1.54, 1.807) is 23.8 Å². The number of methoxy groups -OCH3 is 1. The maximum absolute atomic E-state index is 13.4. The second-order valence-corrected chi connectivity index (χ2v) is 6.79. The fraction of sp³-hybridized carbons (Fsp3) is 0.0625. The summed E-state index contributed by atoms with van der Waals surface area (Å²) in [5.74, 6) is 1.12. The van der Waals surface area contributed by atoms with E-state index in [2.05, 4.69) is 31.2 Å². The van der Waals surface area contributed by atoms with Crippen LogP contribution < -0.4 is 4.74 Å². The second kappa shape index (κ2) is 5.95. The van der Waals surface area contributed by atoms with E-state index >= 15 is 0 Å². The van der Waals surface area contributed by atoms with Gasteiger partial charge >= 0.3 is 0 Å². The molecule has 2 aromatic heterocycles. The van der Waals surface area contributed by atoms with E-state index in [4.69, 9.17) is 4.74 Å². The van der Waals surface area contributed by atoms with Crippen LogP contribution in [0.4, 0.5) is 4.39 Å². The Hall–Kier alpha value is -2.32. The minimum Gasteiger partial charge on any atom is -0.497 e. The molecule has 8 heteroatoms. The Morgan fingerprint density at radius 3 is 2.54 bits per heavy atom. The first-order chi connectivity index (χ1) is 11.7. The van der Waals surface area contributed by atoms with Crippen molar-refractivity contribution in [1.82, 2.24) is 19.8 Å². The summed E-state index contributed by atoms with van der Waals surface area (Å²) in [6.45, 7) is 0. The number of nitrogens with zero attached hydrogens (tertiary/aromatic N) is 4. The van der Waals surface area contributed by atoms with Gasteiger partial charge in [0.05, 0.1) is 11.6 Å². The van der Waals surface area contributed by atoms with Gasteiger partial charge in [0.1, 0.15) is 16.6 Å². The molecular weight excluding hydrogens is 395 g/mol. The minimum atomic E-state index is -0.305. The van der Waals surface area contributed by atoms with Gasteiger partial charge in [-0.15, -0.1) is 10.2 Å². The monoisotopic (exact) mass is 404 g/mol. The Bertz CT molecular complexity index is 1030. The lowest BCUT2D eigenvalue weighted by molar-refractivity contribution is 0.415. The first-order valence-electron chi connectivity index (χ1n) is 6.98. The van der Waals surface area contributed by atoms with Crippen LogP contribution in [0.3, 0.4) is 0 Å². The Morgan fingerprint density at radius 1 is 1.08 bits per heavy atom. The maximum atomic E-state index is 13.4. The number of rotatable bonds is 3. The summed E-state index contributed by atoms with van der Waals surface area (Å²) in [4.78, 5) is 0.677. The molecule has 120 valence electrons. The third-order valence-corrected chi connectivity index (χ3v) is 5.06. The van der Waals surface area contributed by atoms with E-state index in [9.17, 15) is 4.39 Å². The zero-order valence-electron chi connectivity index (χ0n) is 12.4. The zero-order chi connectivity index (χ0) is 16.7. The first kappa shape index (κ1) is 15.2. The molecule has 0 bridgehead atoms. The van der Waals surface area contributed by atoms with E-state index in [0.29, 0.717) is 15.3 Å². The van der Waals surface area contributed by atoms with Crippen LogP contribution in [0, 0.1) is 5.82 Å². The average molecular weight is 405 g/mol. The van der Waals surface area contributed by atoms with E-state index in [1.165, 1.54) is 17.4 Å². The number of benzene rings is 2. The Morgan fingerprint density at radius 2 is 1.83 bits per heavy atom. The van der Waals surface area contributed by atoms with E-state index in [1.807, 2.05) is 24.3 Å². The summed E-state index contributed by atoms with van der Waals surface area (Å²) in [5.41, 5.74) is 1.71. The Kier molecular flexibility index (Phi) is 3.78. The molecule has 0 atom stereocenters. The lowest BCUT2D eigenvalue weighted by atomic mass is 10.2. The standard InChI is InChI=1S/C16H10BrFN4OS/c1-23-11-5-2-9(3-6-11)14-19-20-16-22(14)21-15(24-16)10-4-7-13(18)12(17)8-10/h2-8H,1H3. The molecule has 0 amide bonds. The van der Waals surface area contributed by atoms with Gasteiger partial charge in [0.2, 0.25) is 4.96 Å². The van der Waals surface area contributed by atoms with Gasteiger partial charge in [-0.1, -0.05) is 11.3 Å². The fourth-order valence-corrected chi connectivity index (χ4v) is 3.50. The largest absolute Gasteiger partial charge is 0.497 e. The van der Waals surface area contributed by atoms with Crippen LogP contribution >= 0.6 is 27.3 Å². The molecule has 0 saturated carbocycles. The number of hydrogen-bond acceptors (Lipinski definition) is 5. The molecule has 24 heavy (non-hydrogen) atoms. The van der Waals surface area contributed by atoms with Crippen LogP contribution in [0.2, 0.25) is 0 Å². The van der Waals surface area contributed by atoms with E-state index in [-0.39, 0.29) is 5.82 Å². The van der Waals surface area contributed by atoms with Crippen LogP contribution in [-0.4, -0.2) is 26.9 Å². The Balaban J connectivity index is 1.79. The first-order valence-corrected chi connectivity index (χ1v) is 8.59. The fourth-order valence-electron chi connectivity index (χ4n) is 2.28. The molecule has 0 fully saturated rings. The van der Waals surface area contributed by atoms with Crippen molar-refractivity contribution in [3.63, 3.8) is 0 Å². The molecule has 0 aliphatic heterocycles. The molecule has 0 spiro atoms. The summed E-state index contributed by atoms with van der Waals surface area (Å²) in [6, 6.07) is 12.3. The predicted molar refractivity (Wildman–Crippen MR) is 93.7 cm³/mol. The number of hydrogen-bond donors (Lipinski definition) is 0. The second-order valence-electron chi connectivity index (χ2n) is 4.98. The third-order valence-electron chi connectivity index (χ3n) is 3.51. The van der Waals surface area contributed by atoms with Crippen molar-refractivity contribution in [3.8, 4) is 27.7 Å². The van der Waals surface area contributed by atoms with Crippen molar-refractivity contribution in [2.24, 2.45) is 0 Å². The highest BCUT2D eigenvalue weighted by Gasteiger charge is 2.15. The zero-order valence-corrected chi connectivity index (χ0v) is 14.8.